The molecule has 0 heterocycles. The van der Waals surface area contributed by atoms with Gasteiger partial charge in [0.1, 0.15) is 0 Å². The molecule has 0 aliphatic carbocycles. The number of rotatable bonds is 8. The predicted molar refractivity (Wildman–Crippen MR) is 74.2 cm³/mol. The molecule has 1 aromatic rings. The summed E-state index contributed by atoms with van der Waals surface area (Å²) in [5.74, 6) is 1.23. The van der Waals surface area contributed by atoms with E-state index in [0.717, 1.165) is 6.54 Å². The largest absolute Gasteiger partial charge is 0.314 e. The average molecular weight is 237 g/mol. The van der Waals surface area contributed by atoms with Crippen LogP contribution in [0, 0.1) is 0 Å². The Labute approximate surface area is 104 Å². The fraction of sp³-hybridized carbons (Fsp3) is 0.571. The van der Waals surface area contributed by atoms with Crippen LogP contribution < -0.4 is 5.32 Å². The van der Waals surface area contributed by atoms with Gasteiger partial charge in [0.2, 0.25) is 0 Å². The van der Waals surface area contributed by atoms with E-state index in [1.54, 1.807) is 0 Å². The fourth-order valence-electron chi connectivity index (χ4n) is 1.78. The van der Waals surface area contributed by atoms with Crippen molar-refractivity contribution >= 4 is 11.8 Å². The van der Waals surface area contributed by atoms with Crippen LogP contribution in [-0.2, 0) is 0 Å². The number of benzene rings is 1. The van der Waals surface area contributed by atoms with Gasteiger partial charge < -0.3 is 5.32 Å². The Hall–Kier alpha value is -0.470. The van der Waals surface area contributed by atoms with E-state index in [1.165, 1.54) is 29.9 Å². The summed E-state index contributed by atoms with van der Waals surface area (Å²) in [5, 5.41) is 3.52. The summed E-state index contributed by atoms with van der Waals surface area (Å²) in [6.07, 6.45) is 3.83. The van der Waals surface area contributed by atoms with E-state index in [9.17, 15) is 0 Å². The van der Waals surface area contributed by atoms with Crippen LogP contribution in [-0.4, -0.2) is 18.3 Å². The van der Waals surface area contributed by atoms with Gasteiger partial charge in [0, 0.05) is 10.9 Å². The molecule has 0 aliphatic heterocycles. The lowest BCUT2D eigenvalue weighted by Crippen LogP contribution is -2.27. The Morgan fingerprint density at radius 1 is 1.19 bits per heavy atom. The third-order valence-corrected chi connectivity index (χ3v) is 3.79. The summed E-state index contributed by atoms with van der Waals surface area (Å²) in [4.78, 5) is 1.39. The lowest BCUT2D eigenvalue weighted by atomic mass is 10.1. The van der Waals surface area contributed by atoms with Crippen LogP contribution in [0.5, 0.6) is 0 Å². The fourth-order valence-corrected chi connectivity index (χ4v) is 2.67. The molecule has 1 rings (SSSR count). The Bertz CT molecular complexity index is 261. The zero-order chi connectivity index (χ0) is 11.6. The highest BCUT2D eigenvalue weighted by molar-refractivity contribution is 7.99. The van der Waals surface area contributed by atoms with E-state index in [-0.39, 0.29) is 0 Å². The van der Waals surface area contributed by atoms with Crippen molar-refractivity contribution < 1.29 is 0 Å². The summed E-state index contributed by atoms with van der Waals surface area (Å²) >= 11 is 1.96. The highest BCUT2D eigenvalue weighted by Gasteiger charge is 2.03. The van der Waals surface area contributed by atoms with Gasteiger partial charge in [0.05, 0.1) is 0 Å². The molecule has 1 atom stereocenters. The van der Waals surface area contributed by atoms with E-state index >= 15 is 0 Å². The van der Waals surface area contributed by atoms with Gasteiger partial charge in [0.15, 0.2) is 0 Å². The van der Waals surface area contributed by atoms with E-state index < -0.39 is 0 Å². The minimum absolute atomic E-state index is 0.710. The summed E-state index contributed by atoms with van der Waals surface area (Å²) in [5.41, 5.74) is 0. The first kappa shape index (κ1) is 13.6. The zero-order valence-electron chi connectivity index (χ0n) is 10.4. The minimum Gasteiger partial charge on any atom is -0.314 e. The van der Waals surface area contributed by atoms with Gasteiger partial charge in [0.25, 0.3) is 0 Å². The molecule has 0 spiro atoms. The molecule has 1 N–H and O–H groups in total. The van der Waals surface area contributed by atoms with E-state index in [1.807, 2.05) is 11.8 Å². The summed E-state index contributed by atoms with van der Waals surface area (Å²) in [6.45, 7) is 5.53. The first-order valence-electron chi connectivity index (χ1n) is 6.28. The van der Waals surface area contributed by atoms with Crippen molar-refractivity contribution in [2.45, 2.75) is 44.0 Å². The number of nitrogens with one attached hydrogen (secondary N) is 1. The molecule has 0 amide bonds. The van der Waals surface area contributed by atoms with Crippen LogP contribution >= 0.6 is 11.8 Å². The van der Waals surface area contributed by atoms with Crippen LogP contribution in [0.15, 0.2) is 35.2 Å². The molecule has 0 fully saturated rings. The number of hydrogen-bond acceptors (Lipinski definition) is 2. The molecule has 0 bridgehead atoms. The molecule has 2 heteroatoms. The van der Waals surface area contributed by atoms with E-state index in [2.05, 4.69) is 49.5 Å². The summed E-state index contributed by atoms with van der Waals surface area (Å²) in [7, 11) is 0. The first-order chi connectivity index (χ1) is 7.86. The second kappa shape index (κ2) is 8.66. The maximum absolute atomic E-state index is 3.52. The molecule has 0 saturated heterocycles. The lowest BCUT2D eigenvalue weighted by Gasteiger charge is -2.15. The number of thioether (sulfide) groups is 1. The van der Waals surface area contributed by atoms with Gasteiger partial charge in [-0.05, 0) is 43.7 Å². The van der Waals surface area contributed by atoms with Gasteiger partial charge in [-0.3, -0.25) is 0 Å². The Morgan fingerprint density at radius 3 is 2.56 bits per heavy atom. The molecule has 1 unspecified atom stereocenters. The third kappa shape index (κ3) is 5.57. The average Bonchev–Trinajstić information content (AvgIpc) is 2.34. The second-order valence-electron chi connectivity index (χ2n) is 3.97. The molecule has 0 radical (unpaired) electrons. The maximum atomic E-state index is 3.52. The standard InChI is InChI=1S/C14H23NS/c1-3-13(15-4-2)9-8-12-16-14-10-6-5-7-11-14/h5-7,10-11,13,15H,3-4,8-9,12H2,1-2H3. The molecule has 1 aromatic carbocycles. The zero-order valence-corrected chi connectivity index (χ0v) is 11.2. The van der Waals surface area contributed by atoms with Gasteiger partial charge >= 0.3 is 0 Å². The quantitative estimate of drug-likeness (QED) is 0.543. The van der Waals surface area contributed by atoms with Crippen LogP contribution in [0.3, 0.4) is 0 Å². The first-order valence-corrected chi connectivity index (χ1v) is 7.26. The maximum Gasteiger partial charge on any atom is 0.00719 e. The third-order valence-electron chi connectivity index (χ3n) is 2.69. The molecular formula is C14H23NS. The minimum atomic E-state index is 0.710. The summed E-state index contributed by atoms with van der Waals surface area (Å²) in [6, 6.07) is 11.4. The van der Waals surface area contributed by atoms with Gasteiger partial charge in [-0.1, -0.05) is 32.0 Å². The van der Waals surface area contributed by atoms with Crippen LogP contribution in [0.4, 0.5) is 0 Å². The monoisotopic (exact) mass is 237 g/mol. The van der Waals surface area contributed by atoms with E-state index in [4.69, 9.17) is 0 Å². The van der Waals surface area contributed by atoms with Crippen LogP contribution in [0.2, 0.25) is 0 Å². The van der Waals surface area contributed by atoms with Crippen molar-refractivity contribution in [3.05, 3.63) is 30.3 Å². The normalized spacial score (nSPS) is 12.6. The molecular weight excluding hydrogens is 214 g/mol. The molecule has 0 saturated carbocycles. The van der Waals surface area contributed by atoms with Crippen molar-refractivity contribution in [2.24, 2.45) is 0 Å². The van der Waals surface area contributed by atoms with Gasteiger partial charge in [-0.2, -0.15) is 0 Å². The molecule has 90 valence electrons. The smallest absolute Gasteiger partial charge is 0.00719 e. The molecule has 16 heavy (non-hydrogen) atoms. The van der Waals surface area contributed by atoms with Gasteiger partial charge in [-0.25, -0.2) is 0 Å². The predicted octanol–water partition coefficient (Wildman–Crippen LogP) is 3.95. The highest BCUT2D eigenvalue weighted by atomic mass is 32.2. The Balaban J connectivity index is 2.11. The molecule has 1 nitrogen and oxygen atoms in total. The van der Waals surface area contributed by atoms with Crippen LogP contribution in [0.25, 0.3) is 0 Å². The highest BCUT2D eigenvalue weighted by Crippen LogP contribution is 2.19. The SMILES string of the molecule is CCNC(CC)CCCSc1ccccc1. The van der Waals surface area contributed by atoms with Crippen molar-refractivity contribution in [2.75, 3.05) is 12.3 Å². The Morgan fingerprint density at radius 2 is 1.94 bits per heavy atom. The van der Waals surface area contributed by atoms with E-state index in [0.29, 0.717) is 6.04 Å². The van der Waals surface area contributed by atoms with Crippen molar-refractivity contribution in [1.29, 1.82) is 0 Å². The lowest BCUT2D eigenvalue weighted by molar-refractivity contribution is 0.477. The Kier molecular flexibility index (Phi) is 7.35. The molecule has 0 aliphatic rings. The molecule has 0 aromatic heterocycles. The second-order valence-corrected chi connectivity index (χ2v) is 5.13. The van der Waals surface area contributed by atoms with Gasteiger partial charge in [-0.15, -0.1) is 11.8 Å². The summed E-state index contributed by atoms with van der Waals surface area (Å²) < 4.78 is 0. The van der Waals surface area contributed by atoms with Crippen molar-refractivity contribution in [3.63, 3.8) is 0 Å². The van der Waals surface area contributed by atoms with Crippen molar-refractivity contribution in [1.82, 2.24) is 5.32 Å². The van der Waals surface area contributed by atoms with Crippen molar-refractivity contribution in [3.8, 4) is 0 Å². The van der Waals surface area contributed by atoms with Crippen LogP contribution in [0.1, 0.15) is 33.1 Å². The number of hydrogen-bond donors (Lipinski definition) is 1. The topological polar surface area (TPSA) is 12.0 Å².